The highest BCUT2D eigenvalue weighted by molar-refractivity contribution is 6.02. The van der Waals surface area contributed by atoms with Gasteiger partial charge in [-0.05, 0) is 19.1 Å². The summed E-state index contributed by atoms with van der Waals surface area (Å²) < 4.78 is 0. The van der Waals surface area contributed by atoms with E-state index in [4.69, 9.17) is 0 Å². The Balaban J connectivity index is 2.10. The van der Waals surface area contributed by atoms with Crippen molar-refractivity contribution < 1.29 is 4.79 Å². The first kappa shape index (κ1) is 10.4. The monoisotopic (exact) mass is 216 g/mol. The number of hydrogen-bond donors (Lipinski definition) is 1. The Morgan fingerprint density at radius 1 is 1.31 bits per heavy atom. The van der Waals surface area contributed by atoms with Crippen LogP contribution in [-0.4, -0.2) is 20.9 Å². The number of carbonyl (C=O) groups excluding carboxylic acids is 1. The molecule has 0 saturated heterocycles. The molecule has 0 saturated carbocycles. The van der Waals surface area contributed by atoms with E-state index in [0.717, 1.165) is 11.3 Å². The molecule has 82 valence electrons. The molecule has 0 aliphatic heterocycles. The average molecular weight is 216 g/mol. The van der Waals surface area contributed by atoms with Crippen molar-refractivity contribution in [2.45, 2.75) is 6.92 Å². The summed E-state index contributed by atoms with van der Waals surface area (Å²) in [4.78, 5) is 13.0. The van der Waals surface area contributed by atoms with Gasteiger partial charge >= 0.3 is 0 Å². The summed E-state index contributed by atoms with van der Waals surface area (Å²) in [5.41, 5.74) is 2.21. The Morgan fingerprint density at radius 2 is 2.00 bits per heavy atom. The summed E-state index contributed by atoms with van der Waals surface area (Å²) in [6.07, 6.45) is 1.43. The van der Waals surface area contributed by atoms with Gasteiger partial charge in [0.1, 0.15) is 0 Å². The zero-order chi connectivity index (χ0) is 11.5. The predicted octanol–water partition coefficient (Wildman–Crippen LogP) is 1.38. The fourth-order valence-corrected chi connectivity index (χ4v) is 1.28. The van der Waals surface area contributed by atoms with Gasteiger partial charge in [-0.1, -0.05) is 17.7 Å². The second kappa shape index (κ2) is 4.14. The lowest BCUT2D eigenvalue weighted by atomic mass is 10.2. The summed E-state index contributed by atoms with van der Waals surface area (Å²) in [5.74, 6) is -0.253. The Kier molecular flexibility index (Phi) is 2.68. The maximum atomic E-state index is 11.7. The third-order valence-corrected chi connectivity index (χ3v) is 2.14. The van der Waals surface area contributed by atoms with Crippen LogP contribution < -0.4 is 5.32 Å². The van der Waals surface area contributed by atoms with Gasteiger partial charge in [-0.15, -0.1) is 5.10 Å². The molecule has 0 spiro atoms. The van der Waals surface area contributed by atoms with Crippen LogP contribution in [0.15, 0.2) is 30.5 Å². The minimum Gasteiger partial charge on any atom is -0.321 e. The number of aryl methyl sites for hydroxylation is 2. The van der Waals surface area contributed by atoms with Crippen LogP contribution in [0.2, 0.25) is 0 Å². The number of carbonyl (C=O) groups is 1. The van der Waals surface area contributed by atoms with Crippen LogP contribution in [-0.2, 0) is 7.05 Å². The van der Waals surface area contributed by atoms with Crippen LogP contribution >= 0.6 is 0 Å². The highest BCUT2D eigenvalue weighted by Gasteiger charge is 2.09. The van der Waals surface area contributed by atoms with Crippen LogP contribution in [0.5, 0.6) is 0 Å². The van der Waals surface area contributed by atoms with E-state index in [9.17, 15) is 4.79 Å². The van der Waals surface area contributed by atoms with Crippen molar-refractivity contribution in [2.75, 3.05) is 5.32 Å². The summed E-state index contributed by atoms with van der Waals surface area (Å²) >= 11 is 0. The quantitative estimate of drug-likeness (QED) is 0.824. The van der Waals surface area contributed by atoms with Gasteiger partial charge in [-0.2, -0.15) is 9.90 Å². The molecule has 0 radical (unpaired) electrons. The Bertz CT molecular complexity index is 501. The zero-order valence-electron chi connectivity index (χ0n) is 9.14. The molecule has 0 aliphatic rings. The van der Waals surface area contributed by atoms with Gasteiger partial charge in [-0.3, -0.25) is 4.79 Å². The molecular formula is C11H12N4O. The lowest BCUT2D eigenvalue weighted by Gasteiger charge is -2.02. The molecule has 16 heavy (non-hydrogen) atoms. The van der Waals surface area contributed by atoms with Gasteiger partial charge in [0.25, 0.3) is 5.91 Å². The molecule has 1 aromatic heterocycles. The third-order valence-electron chi connectivity index (χ3n) is 2.14. The predicted molar refractivity (Wildman–Crippen MR) is 60.1 cm³/mol. The van der Waals surface area contributed by atoms with Gasteiger partial charge in [0.15, 0.2) is 5.69 Å². The highest BCUT2D eigenvalue weighted by atomic mass is 16.2. The lowest BCUT2D eigenvalue weighted by molar-refractivity contribution is 0.102. The van der Waals surface area contributed by atoms with E-state index < -0.39 is 0 Å². The SMILES string of the molecule is Cc1ccc(NC(=O)c2cnn(C)n2)cc1. The average Bonchev–Trinajstić information content (AvgIpc) is 2.68. The van der Waals surface area contributed by atoms with E-state index in [1.54, 1.807) is 7.05 Å². The first-order chi connectivity index (χ1) is 7.65. The molecule has 1 amide bonds. The van der Waals surface area contributed by atoms with Gasteiger partial charge in [0, 0.05) is 12.7 Å². The van der Waals surface area contributed by atoms with Crippen LogP contribution in [0.1, 0.15) is 16.1 Å². The topological polar surface area (TPSA) is 59.8 Å². The minimum atomic E-state index is -0.253. The molecule has 0 unspecified atom stereocenters. The van der Waals surface area contributed by atoms with E-state index in [1.165, 1.54) is 11.0 Å². The molecule has 5 heteroatoms. The molecule has 1 N–H and O–H groups in total. The number of aromatic nitrogens is 3. The fraction of sp³-hybridized carbons (Fsp3) is 0.182. The Labute approximate surface area is 93.1 Å². The molecule has 0 atom stereocenters. The molecule has 5 nitrogen and oxygen atoms in total. The molecule has 2 aromatic rings. The summed E-state index contributed by atoms with van der Waals surface area (Å²) in [5, 5.41) is 10.5. The number of nitrogens with zero attached hydrogens (tertiary/aromatic N) is 3. The maximum Gasteiger partial charge on any atom is 0.277 e. The van der Waals surface area contributed by atoms with Crippen molar-refractivity contribution in [1.29, 1.82) is 0 Å². The Hall–Kier alpha value is -2.17. The largest absolute Gasteiger partial charge is 0.321 e. The molecule has 0 bridgehead atoms. The number of amides is 1. The molecule has 0 fully saturated rings. The summed E-state index contributed by atoms with van der Waals surface area (Å²) in [6.45, 7) is 1.99. The number of anilines is 1. The van der Waals surface area contributed by atoms with Gasteiger partial charge < -0.3 is 5.32 Å². The van der Waals surface area contributed by atoms with Crippen LogP contribution in [0, 0.1) is 6.92 Å². The number of benzene rings is 1. The van der Waals surface area contributed by atoms with Crippen molar-refractivity contribution in [1.82, 2.24) is 15.0 Å². The second-order valence-electron chi connectivity index (χ2n) is 3.54. The number of nitrogens with one attached hydrogen (secondary N) is 1. The molecule has 1 aromatic carbocycles. The summed E-state index contributed by atoms with van der Waals surface area (Å²) in [6, 6.07) is 7.58. The molecule has 2 rings (SSSR count). The smallest absolute Gasteiger partial charge is 0.277 e. The van der Waals surface area contributed by atoms with E-state index in [-0.39, 0.29) is 5.91 Å². The molecule has 0 aliphatic carbocycles. The number of hydrogen-bond acceptors (Lipinski definition) is 3. The highest BCUT2D eigenvalue weighted by Crippen LogP contribution is 2.09. The van der Waals surface area contributed by atoms with Gasteiger partial charge in [-0.25, -0.2) is 0 Å². The van der Waals surface area contributed by atoms with E-state index in [0.29, 0.717) is 5.69 Å². The van der Waals surface area contributed by atoms with Crippen molar-refractivity contribution >= 4 is 11.6 Å². The second-order valence-corrected chi connectivity index (χ2v) is 3.54. The lowest BCUT2D eigenvalue weighted by Crippen LogP contribution is -2.12. The zero-order valence-corrected chi connectivity index (χ0v) is 9.14. The van der Waals surface area contributed by atoms with E-state index in [2.05, 4.69) is 15.5 Å². The standard InChI is InChI=1S/C11H12N4O/c1-8-3-5-9(6-4-8)13-11(16)10-7-12-15(2)14-10/h3-7H,1-2H3,(H,13,16). The van der Waals surface area contributed by atoms with Crippen molar-refractivity contribution in [3.05, 3.63) is 41.7 Å². The van der Waals surface area contributed by atoms with Gasteiger partial charge in [0.2, 0.25) is 0 Å². The van der Waals surface area contributed by atoms with Crippen LogP contribution in [0.4, 0.5) is 5.69 Å². The third kappa shape index (κ3) is 2.25. The molecule has 1 heterocycles. The normalized spacial score (nSPS) is 10.1. The van der Waals surface area contributed by atoms with Gasteiger partial charge in [0.05, 0.1) is 6.20 Å². The minimum absolute atomic E-state index is 0.253. The fourth-order valence-electron chi connectivity index (χ4n) is 1.28. The maximum absolute atomic E-state index is 11.7. The number of rotatable bonds is 2. The van der Waals surface area contributed by atoms with Crippen LogP contribution in [0.3, 0.4) is 0 Å². The summed E-state index contributed by atoms with van der Waals surface area (Å²) in [7, 11) is 1.67. The van der Waals surface area contributed by atoms with Crippen molar-refractivity contribution in [3.63, 3.8) is 0 Å². The van der Waals surface area contributed by atoms with E-state index in [1.807, 2.05) is 31.2 Å². The molecular weight excluding hydrogens is 204 g/mol. The van der Waals surface area contributed by atoms with Crippen molar-refractivity contribution in [3.8, 4) is 0 Å². The first-order valence-corrected chi connectivity index (χ1v) is 4.89. The van der Waals surface area contributed by atoms with Crippen molar-refractivity contribution in [2.24, 2.45) is 7.05 Å². The Morgan fingerprint density at radius 3 is 2.56 bits per heavy atom. The first-order valence-electron chi connectivity index (χ1n) is 4.89. The van der Waals surface area contributed by atoms with E-state index >= 15 is 0 Å². The van der Waals surface area contributed by atoms with Crippen LogP contribution in [0.25, 0.3) is 0 Å².